The van der Waals surface area contributed by atoms with E-state index in [0.717, 1.165) is 12.1 Å². The Labute approximate surface area is 108 Å². The summed E-state index contributed by atoms with van der Waals surface area (Å²) in [7, 11) is 3.91. The number of hydrogen-bond acceptors (Lipinski definition) is 3. The van der Waals surface area contributed by atoms with E-state index in [1.54, 1.807) is 31.2 Å². The number of urea groups is 1. The smallest absolute Gasteiger partial charge is 0.319 e. The van der Waals surface area contributed by atoms with Crippen LogP contribution in [0.25, 0.3) is 0 Å². The minimum absolute atomic E-state index is 0.221. The van der Waals surface area contributed by atoms with E-state index in [4.69, 9.17) is 0 Å². The van der Waals surface area contributed by atoms with E-state index in [-0.39, 0.29) is 6.03 Å². The number of benzene rings is 1. The molecule has 0 aromatic heterocycles. The van der Waals surface area contributed by atoms with Crippen molar-refractivity contribution in [2.75, 3.05) is 32.5 Å². The molecular weight excluding hydrogens is 230 g/mol. The van der Waals surface area contributed by atoms with Crippen LogP contribution < -0.4 is 10.6 Å². The highest BCUT2D eigenvalue weighted by Crippen LogP contribution is 2.15. The minimum atomic E-state index is -0.493. The molecule has 1 aromatic rings. The van der Waals surface area contributed by atoms with E-state index in [9.17, 15) is 9.90 Å². The summed E-state index contributed by atoms with van der Waals surface area (Å²) in [4.78, 5) is 13.5. The molecule has 0 spiro atoms. The average Bonchev–Trinajstić information content (AvgIpc) is 2.29. The number of aliphatic hydroxyl groups excluding tert-OH is 1. The second kappa shape index (κ2) is 6.98. The molecule has 1 rings (SSSR count). The maximum Gasteiger partial charge on any atom is 0.319 e. The van der Waals surface area contributed by atoms with Crippen molar-refractivity contribution < 1.29 is 9.90 Å². The number of nitrogens with one attached hydrogen (secondary N) is 2. The van der Waals surface area contributed by atoms with E-state index in [1.807, 2.05) is 19.0 Å². The molecule has 3 N–H and O–H groups in total. The van der Waals surface area contributed by atoms with Crippen LogP contribution in [0.5, 0.6) is 0 Å². The summed E-state index contributed by atoms with van der Waals surface area (Å²) in [6.07, 6.45) is -0.493. The van der Waals surface area contributed by atoms with Gasteiger partial charge in [0.1, 0.15) is 0 Å². The first-order valence-electron chi connectivity index (χ1n) is 5.96. The molecule has 1 atom stereocenters. The molecule has 0 fully saturated rings. The molecule has 1 unspecified atom stereocenters. The molecule has 100 valence electrons. The van der Waals surface area contributed by atoms with Gasteiger partial charge in [0.05, 0.1) is 6.10 Å². The fourth-order valence-corrected chi connectivity index (χ4v) is 1.41. The molecule has 5 heteroatoms. The van der Waals surface area contributed by atoms with Gasteiger partial charge in [0, 0.05) is 18.8 Å². The van der Waals surface area contributed by atoms with Crippen LogP contribution in [0, 0.1) is 0 Å². The maximum atomic E-state index is 11.5. The van der Waals surface area contributed by atoms with Gasteiger partial charge in [0.15, 0.2) is 0 Å². The molecule has 0 saturated heterocycles. The van der Waals surface area contributed by atoms with E-state index in [1.165, 1.54) is 0 Å². The Hall–Kier alpha value is -1.59. The molecule has 18 heavy (non-hydrogen) atoms. The molecule has 0 aliphatic carbocycles. The largest absolute Gasteiger partial charge is 0.389 e. The summed E-state index contributed by atoms with van der Waals surface area (Å²) in [5.74, 6) is 0. The number of likely N-dealkylation sites (N-methyl/N-ethyl adjacent to an activating group) is 1. The summed E-state index contributed by atoms with van der Waals surface area (Å²) >= 11 is 0. The first-order valence-corrected chi connectivity index (χ1v) is 5.96. The average molecular weight is 251 g/mol. The van der Waals surface area contributed by atoms with Crippen LogP contribution in [-0.4, -0.2) is 43.2 Å². The van der Waals surface area contributed by atoms with Crippen LogP contribution in [0.1, 0.15) is 18.6 Å². The zero-order chi connectivity index (χ0) is 13.5. The van der Waals surface area contributed by atoms with Crippen LogP contribution in [0.3, 0.4) is 0 Å². The lowest BCUT2D eigenvalue weighted by Gasteiger charge is -2.11. The van der Waals surface area contributed by atoms with Crippen molar-refractivity contribution in [2.24, 2.45) is 0 Å². The van der Waals surface area contributed by atoms with E-state index in [2.05, 4.69) is 10.6 Å². The van der Waals surface area contributed by atoms with Crippen molar-refractivity contribution in [2.45, 2.75) is 13.0 Å². The fraction of sp³-hybridized carbons (Fsp3) is 0.462. The van der Waals surface area contributed by atoms with Gasteiger partial charge in [0.25, 0.3) is 0 Å². The zero-order valence-corrected chi connectivity index (χ0v) is 11.1. The first kappa shape index (κ1) is 14.5. The number of carbonyl (C=O) groups excluding carboxylic acids is 1. The van der Waals surface area contributed by atoms with Gasteiger partial charge in [-0.25, -0.2) is 4.79 Å². The summed E-state index contributed by atoms with van der Waals surface area (Å²) in [5, 5.41) is 14.9. The van der Waals surface area contributed by atoms with Crippen molar-refractivity contribution >= 4 is 11.7 Å². The van der Waals surface area contributed by atoms with Gasteiger partial charge in [-0.1, -0.05) is 12.1 Å². The van der Waals surface area contributed by atoms with Crippen molar-refractivity contribution in [1.82, 2.24) is 10.2 Å². The Morgan fingerprint density at radius 3 is 2.44 bits per heavy atom. The SMILES string of the molecule is CC(O)c1ccc(NC(=O)NCCN(C)C)cc1. The topological polar surface area (TPSA) is 64.6 Å². The summed E-state index contributed by atoms with van der Waals surface area (Å²) in [6, 6.07) is 6.91. The van der Waals surface area contributed by atoms with Crippen LogP contribution in [0.2, 0.25) is 0 Å². The van der Waals surface area contributed by atoms with Crippen molar-refractivity contribution in [3.63, 3.8) is 0 Å². The molecule has 0 radical (unpaired) electrons. The van der Waals surface area contributed by atoms with Gasteiger partial charge in [-0.05, 0) is 38.7 Å². The molecular formula is C13H21N3O2. The van der Waals surface area contributed by atoms with Gasteiger partial charge in [0.2, 0.25) is 0 Å². The summed E-state index contributed by atoms with van der Waals surface area (Å²) < 4.78 is 0. The van der Waals surface area contributed by atoms with Crippen LogP contribution >= 0.6 is 0 Å². The van der Waals surface area contributed by atoms with E-state index < -0.39 is 6.10 Å². The molecule has 5 nitrogen and oxygen atoms in total. The van der Waals surface area contributed by atoms with Gasteiger partial charge in [-0.3, -0.25) is 0 Å². The minimum Gasteiger partial charge on any atom is -0.389 e. The third-order valence-electron chi connectivity index (χ3n) is 2.50. The zero-order valence-electron chi connectivity index (χ0n) is 11.1. The van der Waals surface area contributed by atoms with E-state index in [0.29, 0.717) is 12.2 Å². The second-order valence-corrected chi connectivity index (χ2v) is 4.48. The van der Waals surface area contributed by atoms with Gasteiger partial charge in [-0.15, -0.1) is 0 Å². The third kappa shape index (κ3) is 5.16. The lowest BCUT2D eigenvalue weighted by molar-refractivity contribution is 0.199. The lowest BCUT2D eigenvalue weighted by Crippen LogP contribution is -2.34. The lowest BCUT2D eigenvalue weighted by atomic mass is 10.1. The number of amides is 2. The monoisotopic (exact) mass is 251 g/mol. The molecule has 0 saturated carbocycles. The summed E-state index contributed by atoms with van der Waals surface area (Å²) in [5.41, 5.74) is 1.54. The highest BCUT2D eigenvalue weighted by atomic mass is 16.3. The van der Waals surface area contributed by atoms with Gasteiger partial charge < -0.3 is 20.6 Å². The number of carbonyl (C=O) groups is 1. The Bertz CT molecular complexity index is 374. The molecule has 1 aromatic carbocycles. The third-order valence-corrected chi connectivity index (χ3v) is 2.50. The second-order valence-electron chi connectivity index (χ2n) is 4.48. The van der Waals surface area contributed by atoms with Crippen molar-refractivity contribution in [3.8, 4) is 0 Å². The number of nitrogens with zero attached hydrogens (tertiary/aromatic N) is 1. The van der Waals surface area contributed by atoms with Crippen LogP contribution in [-0.2, 0) is 0 Å². The number of aliphatic hydroxyl groups is 1. The predicted molar refractivity (Wildman–Crippen MR) is 72.7 cm³/mol. The van der Waals surface area contributed by atoms with Crippen molar-refractivity contribution in [1.29, 1.82) is 0 Å². The molecule has 0 aliphatic rings. The maximum absolute atomic E-state index is 11.5. The van der Waals surface area contributed by atoms with Gasteiger partial charge in [-0.2, -0.15) is 0 Å². The predicted octanol–water partition coefficient (Wildman–Crippen LogP) is 1.42. The molecule has 0 aliphatic heterocycles. The molecule has 0 heterocycles. The van der Waals surface area contributed by atoms with Crippen molar-refractivity contribution in [3.05, 3.63) is 29.8 Å². The molecule has 0 bridgehead atoms. The number of anilines is 1. The molecule has 2 amide bonds. The Balaban J connectivity index is 2.40. The number of rotatable bonds is 5. The normalized spacial score (nSPS) is 12.3. The quantitative estimate of drug-likeness (QED) is 0.741. The Morgan fingerprint density at radius 2 is 1.94 bits per heavy atom. The van der Waals surface area contributed by atoms with Crippen LogP contribution in [0.4, 0.5) is 10.5 Å². The van der Waals surface area contributed by atoms with Gasteiger partial charge >= 0.3 is 6.03 Å². The Kier molecular flexibility index (Phi) is 5.61. The Morgan fingerprint density at radius 1 is 1.33 bits per heavy atom. The number of hydrogen-bond donors (Lipinski definition) is 3. The van der Waals surface area contributed by atoms with Crippen LogP contribution in [0.15, 0.2) is 24.3 Å². The summed E-state index contributed by atoms with van der Waals surface area (Å²) in [6.45, 7) is 3.11. The highest BCUT2D eigenvalue weighted by Gasteiger charge is 2.03. The van der Waals surface area contributed by atoms with E-state index >= 15 is 0 Å². The fourth-order valence-electron chi connectivity index (χ4n) is 1.41. The highest BCUT2D eigenvalue weighted by molar-refractivity contribution is 5.89. The first-order chi connectivity index (χ1) is 8.49. The standard InChI is InChI=1S/C13H21N3O2/c1-10(17)11-4-6-12(7-5-11)15-13(18)14-8-9-16(2)3/h4-7,10,17H,8-9H2,1-3H3,(H2,14,15,18).